The van der Waals surface area contributed by atoms with Gasteiger partial charge in [0.15, 0.2) is 0 Å². The van der Waals surface area contributed by atoms with Crippen molar-refractivity contribution >= 4 is 0 Å². The summed E-state index contributed by atoms with van der Waals surface area (Å²) in [6.07, 6.45) is 13.5. The van der Waals surface area contributed by atoms with Gasteiger partial charge >= 0.3 is 0 Å². The first kappa shape index (κ1) is 21.6. The minimum atomic E-state index is 0.770. The van der Waals surface area contributed by atoms with E-state index in [1.54, 1.807) is 0 Å². The fourth-order valence-electron chi connectivity index (χ4n) is 5.47. The maximum Gasteiger partial charge on any atom is 0.122 e. The van der Waals surface area contributed by atoms with E-state index in [9.17, 15) is 0 Å². The van der Waals surface area contributed by atoms with Gasteiger partial charge in [-0.1, -0.05) is 37.1 Å². The van der Waals surface area contributed by atoms with Crippen LogP contribution in [0.4, 0.5) is 0 Å². The zero-order valence-corrected chi connectivity index (χ0v) is 19.1. The summed E-state index contributed by atoms with van der Waals surface area (Å²) in [5, 5.41) is 0. The summed E-state index contributed by atoms with van der Waals surface area (Å²) < 4.78 is 2.32. The summed E-state index contributed by atoms with van der Waals surface area (Å²) in [5.41, 5.74) is 2.95. The number of imidazole rings is 1. The molecule has 0 radical (unpaired) electrons. The van der Waals surface area contributed by atoms with Gasteiger partial charge in [-0.05, 0) is 76.1 Å². The molecule has 0 spiro atoms. The Morgan fingerprint density at radius 3 is 2.57 bits per heavy atom. The highest BCUT2D eigenvalue weighted by Gasteiger charge is 2.28. The van der Waals surface area contributed by atoms with E-state index in [0.29, 0.717) is 0 Å². The van der Waals surface area contributed by atoms with Gasteiger partial charge in [0.25, 0.3) is 0 Å². The molecule has 2 fully saturated rings. The monoisotopic (exact) mass is 408 g/mol. The van der Waals surface area contributed by atoms with Gasteiger partial charge in [-0.25, -0.2) is 4.98 Å². The van der Waals surface area contributed by atoms with Crippen molar-refractivity contribution in [3.63, 3.8) is 0 Å². The third-order valence-corrected chi connectivity index (χ3v) is 7.49. The standard InChI is InChI=1S/C26H40N4/c1-3-29-19-15-27-26(29)21-30(25-10-6-7-11-25)20-23-12-16-28(17-13-23)18-14-24-9-5-4-8-22(24)2/h4-5,8-9,15,19,23,25H,3,6-7,10-14,16-18,20-21H2,1-2H3. The van der Waals surface area contributed by atoms with Gasteiger partial charge in [-0.15, -0.1) is 0 Å². The maximum absolute atomic E-state index is 4.68. The zero-order valence-electron chi connectivity index (χ0n) is 19.1. The van der Waals surface area contributed by atoms with Gasteiger partial charge in [0.2, 0.25) is 0 Å². The number of nitrogens with zero attached hydrogens (tertiary/aromatic N) is 4. The van der Waals surface area contributed by atoms with Crippen LogP contribution in [0.5, 0.6) is 0 Å². The van der Waals surface area contributed by atoms with Crippen molar-refractivity contribution in [2.75, 3.05) is 26.2 Å². The molecule has 1 aromatic carbocycles. The average Bonchev–Trinajstić information content (AvgIpc) is 3.46. The first-order valence-corrected chi connectivity index (χ1v) is 12.2. The third kappa shape index (κ3) is 5.53. The molecule has 0 unspecified atom stereocenters. The molecule has 30 heavy (non-hydrogen) atoms. The molecule has 1 aliphatic heterocycles. The largest absolute Gasteiger partial charge is 0.334 e. The van der Waals surface area contributed by atoms with Gasteiger partial charge in [0, 0.05) is 38.1 Å². The second kappa shape index (κ2) is 10.6. The molecule has 0 bridgehead atoms. The van der Waals surface area contributed by atoms with Crippen LogP contribution in [0.2, 0.25) is 0 Å². The number of rotatable bonds is 9. The van der Waals surface area contributed by atoms with Crippen LogP contribution in [0, 0.1) is 12.8 Å². The van der Waals surface area contributed by atoms with Crippen molar-refractivity contribution in [3.05, 3.63) is 53.6 Å². The van der Waals surface area contributed by atoms with Crippen LogP contribution < -0.4 is 0 Å². The van der Waals surface area contributed by atoms with Crippen LogP contribution in [-0.2, 0) is 19.5 Å². The Morgan fingerprint density at radius 2 is 1.83 bits per heavy atom. The third-order valence-electron chi connectivity index (χ3n) is 7.49. The minimum Gasteiger partial charge on any atom is -0.334 e. The molecule has 1 saturated carbocycles. The Morgan fingerprint density at radius 1 is 1.07 bits per heavy atom. The van der Waals surface area contributed by atoms with E-state index in [4.69, 9.17) is 0 Å². The molecule has 1 aromatic heterocycles. The first-order chi connectivity index (χ1) is 14.7. The minimum absolute atomic E-state index is 0.770. The first-order valence-electron chi connectivity index (χ1n) is 12.2. The predicted octanol–water partition coefficient (Wildman–Crippen LogP) is 4.91. The molecule has 1 aliphatic carbocycles. The van der Waals surface area contributed by atoms with Crippen molar-refractivity contribution in [1.29, 1.82) is 0 Å². The molecular weight excluding hydrogens is 368 g/mol. The molecule has 4 heteroatoms. The van der Waals surface area contributed by atoms with Crippen LogP contribution in [0.1, 0.15) is 62.4 Å². The molecule has 4 rings (SSSR count). The summed E-state index contributed by atoms with van der Waals surface area (Å²) in [4.78, 5) is 10.2. The molecule has 0 amide bonds. The van der Waals surface area contributed by atoms with Crippen molar-refractivity contribution < 1.29 is 0 Å². The lowest BCUT2D eigenvalue weighted by Crippen LogP contribution is -2.42. The van der Waals surface area contributed by atoms with Crippen molar-refractivity contribution in [2.45, 2.75) is 77.9 Å². The van der Waals surface area contributed by atoms with E-state index in [2.05, 4.69) is 63.7 Å². The number of hydrogen-bond donors (Lipinski definition) is 0. The van der Waals surface area contributed by atoms with Crippen LogP contribution >= 0.6 is 0 Å². The van der Waals surface area contributed by atoms with Crippen molar-refractivity contribution in [3.8, 4) is 0 Å². The lowest BCUT2D eigenvalue weighted by molar-refractivity contribution is 0.110. The van der Waals surface area contributed by atoms with E-state index >= 15 is 0 Å². The van der Waals surface area contributed by atoms with Gasteiger partial charge in [0.1, 0.15) is 5.82 Å². The summed E-state index contributed by atoms with van der Waals surface area (Å²) in [6, 6.07) is 9.62. The molecule has 164 valence electrons. The van der Waals surface area contributed by atoms with Crippen LogP contribution in [-0.4, -0.2) is 51.6 Å². The van der Waals surface area contributed by atoms with Crippen molar-refractivity contribution in [1.82, 2.24) is 19.4 Å². The number of aryl methyl sites for hydroxylation is 2. The number of likely N-dealkylation sites (tertiary alicyclic amines) is 1. The van der Waals surface area contributed by atoms with Gasteiger partial charge in [-0.2, -0.15) is 0 Å². The number of benzene rings is 1. The molecular formula is C26H40N4. The predicted molar refractivity (Wildman–Crippen MR) is 125 cm³/mol. The highest BCUT2D eigenvalue weighted by Crippen LogP contribution is 2.28. The zero-order chi connectivity index (χ0) is 20.8. The topological polar surface area (TPSA) is 24.3 Å². The molecule has 2 aromatic rings. The number of piperidine rings is 1. The quantitative estimate of drug-likeness (QED) is 0.589. The van der Waals surface area contributed by atoms with Gasteiger partial charge in [0.05, 0.1) is 6.54 Å². The summed E-state index contributed by atoms with van der Waals surface area (Å²) in [6.45, 7) is 11.5. The van der Waals surface area contributed by atoms with Crippen LogP contribution in [0.25, 0.3) is 0 Å². The highest BCUT2D eigenvalue weighted by molar-refractivity contribution is 5.25. The summed E-state index contributed by atoms with van der Waals surface area (Å²) >= 11 is 0. The van der Waals surface area contributed by atoms with E-state index in [1.165, 1.54) is 88.1 Å². The van der Waals surface area contributed by atoms with E-state index in [0.717, 1.165) is 25.0 Å². The lowest BCUT2D eigenvalue weighted by Gasteiger charge is -2.37. The fourth-order valence-corrected chi connectivity index (χ4v) is 5.47. The average molecular weight is 409 g/mol. The molecule has 2 heterocycles. The van der Waals surface area contributed by atoms with E-state index in [1.807, 2.05) is 6.20 Å². The van der Waals surface area contributed by atoms with Gasteiger partial charge in [-0.3, -0.25) is 4.90 Å². The summed E-state index contributed by atoms with van der Waals surface area (Å²) in [7, 11) is 0. The smallest absolute Gasteiger partial charge is 0.122 e. The Bertz CT molecular complexity index is 769. The Labute approximate surface area is 183 Å². The van der Waals surface area contributed by atoms with Crippen LogP contribution in [0.3, 0.4) is 0 Å². The van der Waals surface area contributed by atoms with Crippen molar-refractivity contribution in [2.24, 2.45) is 5.92 Å². The van der Waals surface area contributed by atoms with Crippen LogP contribution in [0.15, 0.2) is 36.7 Å². The Hall–Kier alpha value is -1.65. The molecule has 4 nitrogen and oxygen atoms in total. The Kier molecular flexibility index (Phi) is 7.62. The van der Waals surface area contributed by atoms with E-state index in [-0.39, 0.29) is 0 Å². The number of aromatic nitrogens is 2. The van der Waals surface area contributed by atoms with Gasteiger partial charge < -0.3 is 9.47 Å². The maximum atomic E-state index is 4.68. The lowest BCUT2D eigenvalue weighted by atomic mass is 9.94. The second-order valence-corrected chi connectivity index (χ2v) is 9.46. The Balaban J connectivity index is 1.28. The molecule has 0 atom stereocenters. The molecule has 0 N–H and O–H groups in total. The fraction of sp³-hybridized carbons (Fsp3) is 0.654. The molecule has 2 aliphatic rings. The number of hydrogen-bond acceptors (Lipinski definition) is 3. The second-order valence-electron chi connectivity index (χ2n) is 9.46. The molecule has 1 saturated heterocycles. The highest BCUT2D eigenvalue weighted by atomic mass is 15.2. The summed E-state index contributed by atoms with van der Waals surface area (Å²) in [5.74, 6) is 2.09. The normalized spacial score (nSPS) is 19.2. The SMILES string of the molecule is CCn1ccnc1CN(CC1CCN(CCc2ccccc2C)CC1)C1CCCC1. The van der Waals surface area contributed by atoms with E-state index < -0.39 is 0 Å².